The molecule has 5 rings (SSSR count). The minimum atomic E-state index is -0.243. The second kappa shape index (κ2) is 12.8. The van der Waals surface area contributed by atoms with E-state index in [4.69, 9.17) is 13.9 Å². The summed E-state index contributed by atoms with van der Waals surface area (Å²) in [6, 6.07) is 28.1. The summed E-state index contributed by atoms with van der Waals surface area (Å²) < 4.78 is 17.0. The van der Waals surface area contributed by atoms with Gasteiger partial charge in [-0.25, -0.2) is 0 Å². The number of piperazine rings is 1. The second-order valence-corrected chi connectivity index (χ2v) is 9.48. The highest BCUT2D eigenvalue weighted by atomic mass is 16.5. The van der Waals surface area contributed by atoms with Gasteiger partial charge in [-0.15, -0.1) is 0 Å². The fraction of sp³-hybridized carbons (Fsp3) is 0.219. The van der Waals surface area contributed by atoms with Crippen LogP contribution in [-0.2, 0) is 17.9 Å². The molecule has 1 aliphatic heterocycles. The lowest BCUT2D eigenvalue weighted by atomic mass is 9.99. The Kier molecular flexibility index (Phi) is 8.54. The van der Waals surface area contributed by atoms with Crippen LogP contribution < -0.4 is 14.9 Å². The Hall–Kier alpha value is -4.87. The summed E-state index contributed by atoms with van der Waals surface area (Å²) in [6.45, 7) is 3.23. The minimum absolute atomic E-state index is 0.0135. The zero-order valence-corrected chi connectivity index (χ0v) is 22.0. The molecule has 1 amide bonds. The van der Waals surface area contributed by atoms with Crippen LogP contribution in [0, 0.1) is 11.3 Å². The first kappa shape index (κ1) is 26.7. The van der Waals surface area contributed by atoms with Crippen molar-refractivity contribution in [3.05, 3.63) is 118 Å². The number of benzene rings is 3. The van der Waals surface area contributed by atoms with Gasteiger partial charge >= 0.3 is 0 Å². The molecule has 1 aromatic heterocycles. The van der Waals surface area contributed by atoms with Crippen LogP contribution in [0.5, 0.6) is 11.5 Å². The number of amides is 1. The Labute approximate surface area is 232 Å². The molecule has 2 heterocycles. The van der Waals surface area contributed by atoms with E-state index >= 15 is 0 Å². The predicted molar refractivity (Wildman–Crippen MR) is 150 cm³/mol. The summed E-state index contributed by atoms with van der Waals surface area (Å²) in [7, 11) is 0. The molecule has 1 saturated heterocycles. The molecule has 8 nitrogen and oxygen atoms in total. The molecule has 0 spiro atoms. The molecule has 1 aliphatic rings. The van der Waals surface area contributed by atoms with Crippen molar-refractivity contribution in [2.24, 2.45) is 0 Å². The highest BCUT2D eigenvalue weighted by Crippen LogP contribution is 2.24. The smallest absolute Gasteiger partial charge is 0.260 e. The Balaban J connectivity index is 1.09. The highest BCUT2D eigenvalue weighted by Gasteiger charge is 2.22. The maximum atomic E-state index is 12.6. The van der Waals surface area contributed by atoms with E-state index in [9.17, 15) is 14.9 Å². The quantitative estimate of drug-likeness (QED) is 0.312. The lowest BCUT2D eigenvalue weighted by molar-refractivity contribution is -0.135. The third kappa shape index (κ3) is 6.76. The average molecular weight is 536 g/mol. The van der Waals surface area contributed by atoms with Crippen molar-refractivity contribution in [3.63, 3.8) is 0 Å². The van der Waals surface area contributed by atoms with Crippen molar-refractivity contribution >= 4 is 5.91 Å². The van der Waals surface area contributed by atoms with Crippen molar-refractivity contribution in [2.75, 3.05) is 32.8 Å². The number of hydrogen-bond acceptors (Lipinski definition) is 7. The van der Waals surface area contributed by atoms with E-state index in [0.717, 1.165) is 16.7 Å². The number of nitriles is 1. The molecule has 1 fully saturated rings. The molecule has 0 bridgehead atoms. The lowest BCUT2D eigenvalue weighted by Gasteiger charge is -2.34. The third-order valence-corrected chi connectivity index (χ3v) is 6.77. The van der Waals surface area contributed by atoms with Crippen molar-refractivity contribution in [1.82, 2.24) is 9.80 Å². The van der Waals surface area contributed by atoms with Gasteiger partial charge in [0.2, 0.25) is 11.2 Å². The predicted octanol–water partition coefficient (Wildman–Crippen LogP) is 4.48. The van der Waals surface area contributed by atoms with Gasteiger partial charge in [-0.05, 0) is 34.9 Å². The first-order valence-electron chi connectivity index (χ1n) is 13.1. The van der Waals surface area contributed by atoms with Gasteiger partial charge < -0.3 is 18.8 Å². The average Bonchev–Trinajstić information content (AvgIpc) is 3.00. The Bertz CT molecular complexity index is 1540. The Morgan fingerprint density at radius 2 is 1.62 bits per heavy atom. The van der Waals surface area contributed by atoms with Crippen LogP contribution >= 0.6 is 0 Å². The molecule has 4 aromatic rings. The van der Waals surface area contributed by atoms with Gasteiger partial charge in [0.25, 0.3) is 5.91 Å². The van der Waals surface area contributed by atoms with Gasteiger partial charge in [0.05, 0.1) is 18.2 Å². The zero-order valence-electron chi connectivity index (χ0n) is 22.0. The van der Waals surface area contributed by atoms with E-state index in [2.05, 4.69) is 11.0 Å². The van der Waals surface area contributed by atoms with Crippen LogP contribution in [0.15, 0.2) is 100 Å². The maximum Gasteiger partial charge on any atom is 0.260 e. The van der Waals surface area contributed by atoms with E-state index in [1.165, 1.54) is 12.3 Å². The van der Waals surface area contributed by atoms with Gasteiger partial charge in [-0.2, -0.15) is 5.26 Å². The Morgan fingerprint density at radius 3 is 2.35 bits per heavy atom. The summed E-state index contributed by atoms with van der Waals surface area (Å²) in [5.41, 5.74) is 3.08. The number of ether oxygens (including phenoxy) is 2. The summed E-state index contributed by atoms with van der Waals surface area (Å²) >= 11 is 0. The van der Waals surface area contributed by atoms with Gasteiger partial charge in [0.1, 0.15) is 24.4 Å². The molecule has 0 saturated carbocycles. The van der Waals surface area contributed by atoms with Gasteiger partial charge in [0.15, 0.2) is 6.61 Å². The molecule has 202 valence electrons. The van der Waals surface area contributed by atoms with Crippen molar-refractivity contribution in [3.8, 4) is 28.7 Å². The molecule has 0 radical (unpaired) electrons. The van der Waals surface area contributed by atoms with E-state index in [1.807, 2.05) is 72.8 Å². The number of carbonyl (C=O) groups excluding carboxylic acids is 1. The monoisotopic (exact) mass is 535 g/mol. The summed E-state index contributed by atoms with van der Waals surface area (Å²) in [5.74, 6) is 1.33. The molecule has 0 atom stereocenters. The Morgan fingerprint density at radius 1 is 0.900 bits per heavy atom. The molecule has 0 N–H and O–H groups in total. The van der Waals surface area contributed by atoms with Crippen molar-refractivity contribution < 1.29 is 18.7 Å². The number of para-hydroxylation sites is 1. The van der Waals surface area contributed by atoms with Crippen molar-refractivity contribution in [2.45, 2.75) is 13.2 Å². The second-order valence-electron chi connectivity index (χ2n) is 9.48. The van der Waals surface area contributed by atoms with E-state index in [1.54, 1.807) is 11.0 Å². The fourth-order valence-electron chi connectivity index (χ4n) is 4.53. The van der Waals surface area contributed by atoms with Gasteiger partial charge in [-0.3, -0.25) is 14.5 Å². The first-order chi connectivity index (χ1) is 19.6. The molecular formula is C32H29N3O5. The first-order valence-corrected chi connectivity index (χ1v) is 13.1. The number of nitrogens with zero attached hydrogens (tertiary/aromatic N) is 3. The van der Waals surface area contributed by atoms with Crippen LogP contribution in [0.4, 0.5) is 0 Å². The summed E-state index contributed by atoms with van der Waals surface area (Å²) in [5, 5.41) is 9.33. The topological polar surface area (TPSA) is 96.0 Å². The van der Waals surface area contributed by atoms with Crippen molar-refractivity contribution in [1.29, 1.82) is 5.26 Å². The summed E-state index contributed by atoms with van der Waals surface area (Å²) in [6.07, 6.45) is 1.36. The lowest BCUT2D eigenvalue weighted by Crippen LogP contribution is -2.49. The highest BCUT2D eigenvalue weighted by molar-refractivity contribution is 5.78. The van der Waals surface area contributed by atoms with Crippen LogP contribution in [0.1, 0.15) is 16.9 Å². The van der Waals surface area contributed by atoms with E-state index in [0.29, 0.717) is 49.8 Å². The number of hydrogen-bond donors (Lipinski definition) is 0. The maximum absolute atomic E-state index is 12.6. The SMILES string of the molecule is N#Cc1ccccc1-c1ccc(COc2coc(CN3CCN(C(=O)COc4ccccc4)CC3)cc2=O)cc1. The largest absolute Gasteiger partial charge is 0.484 e. The fourth-order valence-corrected chi connectivity index (χ4v) is 4.53. The number of carbonyl (C=O) groups is 1. The molecular weight excluding hydrogens is 506 g/mol. The van der Waals surface area contributed by atoms with Gasteiger partial charge in [-0.1, -0.05) is 60.7 Å². The third-order valence-electron chi connectivity index (χ3n) is 6.77. The molecule has 0 unspecified atom stereocenters. The zero-order chi connectivity index (χ0) is 27.7. The van der Waals surface area contributed by atoms with Crippen LogP contribution in [0.25, 0.3) is 11.1 Å². The van der Waals surface area contributed by atoms with Crippen LogP contribution in [-0.4, -0.2) is 48.5 Å². The molecule has 0 aliphatic carbocycles. The van der Waals surface area contributed by atoms with Gasteiger partial charge in [0, 0.05) is 32.2 Å². The van der Waals surface area contributed by atoms with Crippen LogP contribution in [0.3, 0.4) is 0 Å². The molecule has 3 aromatic carbocycles. The molecule has 40 heavy (non-hydrogen) atoms. The summed E-state index contributed by atoms with van der Waals surface area (Å²) in [4.78, 5) is 29.1. The van der Waals surface area contributed by atoms with E-state index < -0.39 is 0 Å². The standard InChI is InChI=1S/C32H29N3O5/c33-19-26-6-4-5-9-29(26)25-12-10-24(11-13-25)21-40-31-22-38-28(18-30(31)36)20-34-14-16-35(17-15-34)32(37)23-39-27-7-2-1-3-8-27/h1-13,18,22H,14-17,20-21,23H2. The minimum Gasteiger partial charge on any atom is -0.484 e. The van der Waals surface area contributed by atoms with Crippen LogP contribution in [0.2, 0.25) is 0 Å². The normalized spacial score (nSPS) is 13.4. The number of rotatable bonds is 9. The van der Waals surface area contributed by atoms with E-state index in [-0.39, 0.29) is 30.3 Å². The molecule has 8 heteroatoms.